The van der Waals surface area contributed by atoms with E-state index in [0.29, 0.717) is 0 Å². The van der Waals surface area contributed by atoms with E-state index in [0.717, 1.165) is 0 Å². The summed E-state index contributed by atoms with van der Waals surface area (Å²) in [4.78, 5) is 0. The summed E-state index contributed by atoms with van der Waals surface area (Å²) in [5.41, 5.74) is 5.42. The average molecular weight is 518 g/mol. The summed E-state index contributed by atoms with van der Waals surface area (Å²) in [6.07, 6.45) is 0. The predicted molar refractivity (Wildman–Crippen MR) is 92.5 cm³/mol. The van der Waals surface area contributed by atoms with Gasteiger partial charge in [-0.25, -0.2) is 0 Å². The van der Waals surface area contributed by atoms with Gasteiger partial charge in [-0.15, -0.1) is 0 Å². The van der Waals surface area contributed by atoms with Crippen LogP contribution in [0.5, 0.6) is 0 Å². The Morgan fingerprint density at radius 3 is 1.38 bits per heavy atom. The van der Waals surface area contributed by atoms with Gasteiger partial charge in [0.25, 0.3) is 0 Å². The van der Waals surface area contributed by atoms with Gasteiger partial charge in [0.2, 0.25) is 0 Å². The van der Waals surface area contributed by atoms with Gasteiger partial charge in [-0.1, -0.05) is 0 Å². The average Bonchev–Trinajstić information content (AvgIpc) is 2.93. The molecular formula is C21H16Cl2Hf. The van der Waals surface area contributed by atoms with Crippen molar-refractivity contribution in [2.45, 2.75) is 0 Å². The fraction of sp³-hybridized carbons (Fsp3) is 0. The van der Waals surface area contributed by atoms with E-state index < -0.39 is 21.0 Å². The second-order valence-electron chi connectivity index (χ2n) is 5.53. The SMILES string of the molecule is [CH2]=[Hf+2]([c]1ccc2cccccc1-2)[c]1ccc2cccccc1-2.[Cl-].[Cl-]. The van der Waals surface area contributed by atoms with Crippen molar-refractivity contribution >= 4 is 10.9 Å². The second-order valence-corrected chi connectivity index (χ2v) is 12.8. The van der Waals surface area contributed by atoms with Crippen molar-refractivity contribution < 1.29 is 45.8 Å². The normalized spacial score (nSPS) is 9.62. The monoisotopic (exact) mass is 518 g/mol. The van der Waals surface area contributed by atoms with Crippen LogP contribution in [0.25, 0.3) is 22.3 Å². The molecule has 0 fully saturated rings. The quantitative estimate of drug-likeness (QED) is 0.268. The van der Waals surface area contributed by atoms with Crippen molar-refractivity contribution in [1.82, 2.24) is 0 Å². The molecule has 0 radical (unpaired) electrons. The summed E-state index contributed by atoms with van der Waals surface area (Å²) in [5, 5.41) is 0. The molecule has 4 rings (SSSR count). The predicted octanol–water partition coefficient (Wildman–Crippen LogP) is -2.09. The molecule has 0 saturated heterocycles. The largest absolute Gasteiger partial charge is 1.00 e. The van der Waals surface area contributed by atoms with E-state index in [1.54, 1.807) is 0 Å². The Labute approximate surface area is 163 Å². The molecule has 0 N–H and O–H groups in total. The third kappa shape index (κ3) is 3.39. The van der Waals surface area contributed by atoms with E-state index in [1.165, 1.54) is 28.9 Å². The molecule has 0 aliphatic heterocycles. The van der Waals surface area contributed by atoms with Crippen LogP contribution in [-0.2, 0) is 21.0 Å². The van der Waals surface area contributed by atoms with E-state index in [4.69, 9.17) is 0 Å². The zero-order valence-corrected chi connectivity index (χ0v) is 18.2. The Hall–Kier alpha value is -1.28. The van der Waals surface area contributed by atoms with Crippen LogP contribution in [0.2, 0.25) is 0 Å². The molecule has 0 bridgehead atoms. The zero-order valence-electron chi connectivity index (χ0n) is 13.0. The minimum absolute atomic E-state index is 0. The standard InChI is InChI=1S/2C10H7.CH2.2ClH.Hf/c2*1-2-5-9-7-4-8-10(9)6-3-1;;;;/h2*1-7H;1H2;2*1H;/q;;;;;+2/p-2. The molecule has 0 aromatic carbocycles. The third-order valence-electron chi connectivity index (χ3n) is 4.23. The van der Waals surface area contributed by atoms with Gasteiger partial charge in [-0.3, -0.25) is 0 Å². The summed E-state index contributed by atoms with van der Waals surface area (Å²) >= 11 is -2.28. The molecule has 0 spiro atoms. The van der Waals surface area contributed by atoms with Gasteiger partial charge in [0.15, 0.2) is 0 Å². The summed E-state index contributed by atoms with van der Waals surface area (Å²) in [6, 6.07) is 30.6. The maximum atomic E-state index is 4.68. The van der Waals surface area contributed by atoms with Gasteiger partial charge in [0, 0.05) is 0 Å². The van der Waals surface area contributed by atoms with Gasteiger partial charge in [0.1, 0.15) is 0 Å². The van der Waals surface area contributed by atoms with Crippen molar-refractivity contribution in [2.24, 2.45) is 0 Å². The molecule has 0 unspecified atom stereocenters. The molecule has 0 amide bonds. The number of fused-ring (bicyclic) bond motifs is 2. The maximum absolute atomic E-state index is 4.68. The van der Waals surface area contributed by atoms with E-state index in [9.17, 15) is 0 Å². The molecule has 118 valence electrons. The summed E-state index contributed by atoms with van der Waals surface area (Å²) < 4.78 is 7.70. The minimum atomic E-state index is -2.28. The van der Waals surface area contributed by atoms with Gasteiger partial charge in [-0.05, 0) is 0 Å². The van der Waals surface area contributed by atoms with Crippen LogP contribution in [0.3, 0.4) is 0 Å². The van der Waals surface area contributed by atoms with Crippen molar-refractivity contribution in [3.8, 4) is 22.3 Å². The first kappa shape index (κ1) is 19.1. The topological polar surface area (TPSA) is 0 Å². The summed E-state index contributed by atoms with van der Waals surface area (Å²) in [5.74, 6) is 0. The molecule has 0 aromatic rings. The Bertz CT molecular complexity index is 842. The number of halogens is 2. The van der Waals surface area contributed by atoms with Crippen LogP contribution < -0.4 is 31.5 Å². The van der Waals surface area contributed by atoms with Crippen molar-refractivity contribution in [2.75, 3.05) is 0 Å². The van der Waals surface area contributed by atoms with Crippen molar-refractivity contribution in [3.05, 3.63) is 84.9 Å². The van der Waals surface area contributed by atoms with E-state index in [1.807, 2.05) is 0 Å². The molecule has 3 heteroatoms. The molecule has 0 atom stereocenters. The number of rotatable bonds is 2. The Morgan fingerprint density at radius 1 is 0.500 bits per heavy atom. The van der Waals surface area contributed by atoms with Crippen LogP contribution in [0.15, 0.2) is 84.9 Å². The van der Waals surface area contributed by atoms with Crippen LogP contribution >= 0.6 is 0 Å². The molecule has 4 aliphatic carbocycles. The maximum Gasteiger partial charge on any atom is -1.00 e. The zero-order chi connectivity index (χ0) is 14.9. The molecular weight excluding hydrogens is 502 g/mol. The summed E-state index contributed by atoms with van der Waals surface area (Å²) in [6.45, 7) is 0. The van der Waals surface area contributed by atoms with E-state index in [-0.39, 0.29) is 24.8 Å². The number of hydrogen-bond acceptors (Lipinski definition) is 0. The Balaban J connectivity index is 0.00000104. The van der Waals surface area contributed by atoms with E-state index in [2.05, 4.69) is 89.2 Å². The van der Waals surface area contributed by atoms with Gasteiger partial charge in [0.05, 0.1) is 0 Å². The smallest absolute Gasteiger partial charge is 1.00 e. The third-order valence-corrected chi connectivity index (χ3v) is 12.0. The van der Waals surface area contributed by atoms with E-state index >= 15 is 0 Å². The molecule has 0 nitrogen and oxygen atoms in total. The second kappa shape index (κ2) is 8.20. The summed E-state index contributed by atoms with van der Waals surface area (Å²) in [7, 11) is 0. The van der Waals surface area contributed by atoms with Crippen molar-refractivity contribution in [1.29, 1.82) is 0 Å². The Morgan fingerprint density at radius 2 is 0.917 bits per heavy atom. The fourth-order valence-corrected chi connectivity index (χ4v) is 10.2. The minimum Gasteiger partial charge on any atom is -1.00 e. The Kier molecular flexibility index (Phi) is 6.51. The van der Waals surface area contributed by atoms with Gasteiger partial charge >= 0.3 is 139 Å². The molecule has 0 saturated carbocycles. The number of hydrogen-bond donors (Lipinski definition) is 0. The first-order valence-corrected chi connectivity index (χ1v) is 13.6. The van der Waals surface area contributed by atoms with Gasteiger partial charge in [-0.2, -0.15) is 0 Å². The molecule has 4 aliphatic rings. The van der Waals surface area contributed by atoms with Crippen LogP contribution in [0, 0.1) is 0 Å². The first-order chi connectivity index (χ1) is 10.8. The molecule has 0 heterocycles. The fourth-order valence-electron chi connectivity index (χ4n) is 3.10. The van der Waals surface area contributed by atoms with Crippen molar-refractivity contribution in [3.63, 3.8) is 0 Å². The van der Waals surface area contributed by atoms with Crippen LogP contribution in [0.1, 0.15) is 0 Å². The molecule has 0 aromatic heterocycles. The molecule has 24 heavy (non-hydrogen) atoms. The van der Waals surface area contributed by atoms with Crippen LogP contribution in [-0.4, -0.2) is 4.26 Å². The van der Waals surface area contributed by atoms with Crippen LogP contribution in [0.4, 0.5) is 0 Å². The first-order valence-electron chi connectivity index (χ1n) is 7.50. The van der Waals surface area contributed by atoms with Gasteiger partial charge < -0.3 is 24.8 Å².